The first-order valence-corrected chi connectivity index (χ1v) is 3.74. The molecular formula is C8H11NO3. The van der Waals surface area contributed by atoms with E-state index in [1.807, 2.05) is 0 Å². The van der Waals surface area contributed by atoms with Crippen LogP contribution in [0.15, 0.2) is 12.7 Å². The summed E-state index contributed by atoms with van der Waals surface area (Å²) in [7, 11) is 0. The first-order chi connectivity index (χ1) is 5.60. The third-order valence-corrected chi connectivity index (χ3v) is 2.09. The summed E-state index contributed by atoms with van der Waals surface area (Å²) in [5.41, 5.74) is -0.682. The van der Waals surface area contributed by atoms with Crippen molar-refractivity contribution in [1.82, 2.24) is 5.32 Å². The average Bonchev–Trinajstić information content (AvgIpc) is 2.81. The molecule has 1 amide bonds. The number of aliphatic carboxylic acids is 1. The third-order valence-electron chi connectivity index (χ3n) is 2.09. The molecule has 12 heavy (non-hydrogen) atoms. The second-order valence-corrected chi connectivity index (χ2v) is 3.01. The average molecular weight is 169 g/mol. The smallest absolute Gasteiger partial charge is 0.311 e. The molecule has 1 fully saturated rings. The van der Waals surface area contributed by atoms with Crippen LogP contribution in [0.2, 0.25) is 0 Å². The first kappa shape index (κ1) is 8.77. The molecule has 1 aliphatic carbocycles. The maximum absolute atomic E-state index is 10.7. The Bertz CT molecular complexity index is 230. The SMILES string of the molecule is C=CC(=O)NCC1(C(=O)O)CC1. The van der Waals surface area contributed by atoms with E-state index in [4.69, 9.17) is 5.11 Å². The van der Waals surface area contributed by atoms with E-state index in [0.29, 0.717) is 12.8 Å². The van der Waals surface area contributed by atoms with Gasteiger partial charge in [-0.3, -0.25) is 9.59 Å². The number of carboxylic acids is 1. The fourth-order valence-electron chi connectivity index (χ4n) is 0.946. The Morgan fingerprint density at radius 1 is 1.58 bits per heavy atom. The minimum Gasteiger partial charge on any atom is -0.481 e. The standard InChI is InChI=1S/C8H11NO3/c1-2-6(10)9-5-8(3-4-8)7(11)12/h2H,1,3-5H2,(H,9,10)(H,11,12). The van der Waals surface area contributed by atoms with Gasteiger partial charge in [0.1, 0.15) is 0 Å². The molecule has 0 atom stereocenters. The van der Waals surface area contributed by atoms with Crippen LogP contribution >= 0.6 is 0 Å². The second kappa shape index (κ2) is 2.97. The molecule has 4 heteroatoms. The predicted molar refractivity (Wildman–Crippen MR) is 42.5 cm³/mol. The molecule has 2 N–H and O–H groups in total. The molecule has 1 rings (SSSR count). The van der Waals surface area contributed by atoms with Crippen molar-refractivity contribution in [2.45, 2.75) is 12.8 Å². The summed E-state index contributed by atoms with van der Waals surface area (Å²) in [5.74, 6) is -1.14. The maximum atomic E-state index is 10.7. The lowest BCUT2D eigenvalue weighted by molar-refractivity contribution is -0.143. The van der Waals surface area contributed by atoms with E-state index in [9.17, 15) is 9.59 Å². The lowest BCUT2D eigenvalue weighted by Crippen LogP contribution is -2.33. The zero-order valence-corrected chi connectivity index (χ0v) is 6.67. The van der Waals surface area contributed by atoms with Gasteiger partial charge in [-0.15, -0.1) is 0 Å². The summed E-state index contributed by atoms with van der Waals surface area (Å²) in [6.45, 7) is 3.48. The highest BCUT2D eigenvalue weighted by molar-refractivity contribution is 5.87. The second-order valence-electron chi connectivity index (χ2n) is 3.01. The Morgan fingerprint density at radius 2 is 2.17 bits per heavy atom. The minimum absolute atomic E-state index is 0.215. The summed E-state index contributed by atoms with van der Waals surface area (Å²) in [4.78, 5) is 21.3. The van der Waals surface area contributed by atoms with Crippen LogP contribution in [0.25, 0.3) is 0 Å². The largest absolute Gasteiger partial charge is 0.481 e. The molecule has 66 valence electrons. The fourth-order valence-corrected chi connectivity index (χ4v) is 0.946. The van der Waals surface area contributed by atoms with Crippen molar-refractivity contribution in [3.63, 3.8) is 0 Å². The van der Waals surface area contributed by atoms with Gasteiger partial charge in [0.05, 0.1) is 5.41 Å². The van der Waals surface area contributed by atoms with Gasteiger partial charge in [-0.2, -0.15) is 0 Å². The van der Waals surface area contributed by atoms with Gasteiger partial charge in [0.2, 0.25) is 5.91 Å². The monoisotopic (exact) mass is 169 g/mol. The molecule has 0 saturated heterocycles. The molecule has 0 spiro atoms. The number of carbonyl (C=O) groups is 2. The van der Waals surface area contributed by atoms with Gasteiger partial charge in [-0.25, -0.2) is 0 Å². The summed E-state index contributed by atoms with van der Waals surface area (Å²) in [6.07, 6.45) is 2.44. The van der Waals surface area contributed by atoms with Crippen molar-refractivity contribution in [2.75, 3.05) is 6.54 Å². The van der Waals surface area contributed by atoms with Gasteiger partial charge in [0.15, 0.2) is 0 Å². The Kier molecular flexibility index (Phi) is 2.17. The van der Waals surface area contributed by atoms with E-state index in [0.717, 1.165) is 6.08 Å². The Balaban J connectivity index is 2.37. The highest BCUT2D eigenvalue weighted by atomic mass is 16.4. The van der Waals surface area contributed by atoms with Crippen molar-refractivity contribution >= 4 is 11.9 Å². The lowest BCUT2D eigenvalue weighted by atomic mass is 10.1. The van der Waals surface area contributed by atoms with E-state index >= 15 is 0 Å². The molecular weight excluding hydrogens is 158 g/mol. The molecule has 0 heterocycles. The highest BCUT2D eigenvalue weighted by Crippen LogP contribution is 2.45. The molecule has 0 aromatic rings. The quantitative estimate of drug-likeness (QED) is 0.589. The van der Waals surface area contributed by atoms with Gasteiger partial charge in [0, 0.05) is 6.54 Å². The van der Waals surface area contributed by atoms with E-state index in [-0.39, 0.29) is 12.5 Å². The van der Waals surface area contributed by atoms with Crippen molar-refractivity contribution in [2.24, 2.45) is 5.41 Å². The number of carbonyl (C=O) groups excluding carboxylic acids is 1. The van der Waals surface area contributed by atoms with Gasteiger partial charge in [-0.05, 0) is 18.9 Å². The highest BCUT2D eigenvalue weighted by Gasteiger charge is 2.50. The number of amides is 1. The molecule has 1 saturated carbocycles. The summed E-state index contributed by atoms with van der Waals surface area (Å²) >= 11 is 0. The number of rotatable bonds is 4. The summed E-state index contributed by atoms with van der Waals surface area (Å²) < 4.78 is 0. The van der Waals surface area contributed by atoms with Crippen LogP contribution in [0.5, 0.6) is 0 Å². The number of hydrogen-bond donors (Lipinski definition) is 2. The minimum atomic E-state index is -0.827. The third kappa shape index (κ3) is 1.64. The van der Waals surface area contributed by atoms with Crippen LogP contribution in [0.3, 0.4) is 0 Å². The molecule has 0 unspecified atom stereocenters. The predicted octanol–water partition coefficient (Wildman–Crippen LogP) is 0.153. The molecule has 0 aromatic carbocycles. The Hall–Kier alpha value is -1.32. The van der Waals surface area contributed by atoms with E-state index in [1.54, 1.807) is 0 Å². The molecule has 0 aromatic heterocycles. The molecule has 1 aliphatic rings. The van der Waals surface area contributed by atoms with Crippen LogP contribution < -0.4 is 5.32 Å². The van der Waals surface area contributed by atoms with E-state index in [2.05, 4.69) is 11.9 Å². The van der Waals surface area contributed by atoms with Gasteiger partial charge >= 0.3 is 5.97 Å². The normalized spacial score (nSPS) is 18.0. The van der Waals surface area contributed by atoms with Crippen LogP contribution in [-0.4, -0.2) is 23.5 Å². The number of hydrogen-bond acceptors (Lipinski definition) is 2. The molecule has 0 bridgehead atoms. The fraction of sp³-hybridized carbons (Fsp3) is 0.500. The van der Waals surface area contributed by atoms with Crippen molar-refractivity contribution in [3.8, 4) is 0 Å². The molecule has 0 aliphatic heterocycles. The summed E-state index contributed by atoms with van der Waals surface area (Å²) in [6, 6.07) is 0. The zero-order valence-electron chi connectivity index (χ0n) is 6.67. The summed E-state index contributed by atoms with van der Waals surface area (Å²) in [5, 5.41) is 11.2. The topological polar surface area (TPSA) is 66.4 Å². The van der Waals surface area contributed by atoms with Crippen LogP contribution in [0, 0.1) is 5.41 Å². The Labute approximate surface area is 70.3 Å². The van der Waals surface area contributed by atoms with E-state index < -0.39 is 11.4 Å². The van der Waals surface area contributed by atoms with Gasteiger partial charge < -0.3 is 10.4 Å². The van der Waals surface area contributed by atoms with Crippen molar-refractivity contribution < 1.29 is 14.7 Å². The van der Waals surface area contributed by atoms with Crippen LogP contribution in [0.1, 0.15) is 12.8 Å². The Morgan fingerprint density at radius 3 is 2.50 bits per heavy atom. The lowest BCUT2D eigenvalue weighted by Gasteiger charge is -2.08. The number of nitrogens with one attached hydrogen (secondary N) is 1. The molecule has 4 nitrogen and oxygen atoms in total. The van der Waals surface area contributed by atoms with E-state index in [1.165, 1.54) is 0 Å². The zero-order chi connectivity index (χ0) is 9.19. The van der Waals surface area contributed by atoms with Gasteiger partial charge in [0.25, 0.3) is 0 Å². The van der Waals surface area contributed by atoms with Gasteiger partial charge in [-0.1, -0.05) is 6.58 Å². The maximum Gasteiger partial charge on any atom is 0.311 e. The van der Waals surface area contributed by atoms with Crippen LogP contribution in [0.4, 0.5) is 0 Å². The first-order valence-electron chi connectivity index (χ1n) is 3.74. The van der Waals surface area contributed by atoms with Crippen molar-refractivity contribution in [1.29, 1.82) is 0 Å². The van der Waals surface area contributed by atoms with Crippen LogP contribution in [-0.2, 0) is 9.59 Å². The van der Waals surface area contributed by atoms with Crippen molar-refractivity contribution in [3.05, 3.63) is 12.7 Å². The number of carboxylic acid groups (broad SMARTS) is 1. The molecule has 0 radical (unpaired) electrons.